The van der Waals surface area contributed by atoms with Crippen LogP contribution in [0.4, 0.5) is 24.7 Å². The summed E-state index contributed by atoms with van der Waals surface area (Å²) >= 11 is 0. The van der Waals surface area contributed by atoms with E-state index < -0.39 is 17.8 Å². The zero-order valence-corrected chi connectivity index (χ0v) is 19.1. The van der Waals surface area contributed by atoms with Crippen molar-refractivity contribution in [2.24, 2.45) is 0 Å². The van der Waals surface area contributed by atoms with E-state index in [0.29, 0.717) is 28.3 Å². The molecule has 0 radical (unpaired) electrons. The first kappa shape index (κ1) is 23.0. The molecule has 1 aliphatic heterocycles. The fraction of sp³-hybridized carbons (Fsp3) is 0.435. The highest BCUT2D eigenvalue weighted by molar-refractivity contribution is 5.90. The number of methoxy groups -OCH3 is 1. The van der Waals surface area contributed by atoms with Crippen LogP contribution < -0.4 is 15.0 Å². The summed E-state index contributed by atoms with van der Waals surface area (Å²) < 4.78 is 45.7. The smallest absolute Gasteiger partial charge is 0.416 e. The molecule has 1 aromatic carbocycles. The third kappa shape index (κ3) is 4.66. The van der Waals surface area contributed by atoms with E-state index in [-0.39, 0.29) is 5.56 Å². The van der Waals surface area contributed by atoms with E-state index in [1.807, 2.05) is 13.0 Å². The predicted octanol–water partition coefficient (Wildman–Crippen LogP) is 4.29. The maximum atomic E-state index is 13.4. The summed E-state index contributed by atoms with van der Waals surface area (Å²) in [7, 11) is 3.66. The van der Waals surface area contributed by atoms with E-state index in [4.69, 9.17) is 4.74 Å². The molecular weight excluding hydrogens is 433 g/mol. The number of piperazine rings is 1. The molecule has 1 fully saturated rings. The Morgan fingerprint density at radius 1 is 1.12 bits per heavy atom. The van der Waals surface area contributed by atoms with Crippen LogP contribution >= 0.6 is 0 Å². The summed E-state index contributed by atoms with van der Waals surface area (Å²) in [5.74, 6) is 0.994. The van der Waals surface area contributed by atoms with Gasteiger partial charge in [-0.05, 0) is 44.2 Å². The molecule has 1 atom stereocenters. The number of rotatable bonds is 5. The summed E-state index contributed by atoms with van der Waals surface area (Å²) in [6.07, 6.45) is -3.02. The van der Waals surface area contributed by atoms with Gasteiger partial charge in [0.05, 0.1) is 24.1 Å². The van der Waals surface area contributed by atoms with Crippen molar-refractivity contribution in [3.05, 3.63) is 47.3 Å². The fourth-order valence-corrected chi connectivity index (χ4v) is 4.21. The molecule has 3 heterocycles. The number of hydrogen-bond acceptors (Lipinski definition) is 7. The van der Waals surface area contributed by atoms with E-state index in [1.165, 1.54) is 19.3 Å². The molecule has 1 saturated heterocycles. The second kappa shape index (κ2) is 9.01. The van der Waals surface area contributed by atoms with Crippen LogP contribution in [0.5, 0.6) is 5.88 Å². The standard InChI is InChI=1S/C23H27F3N6O/c1-14-16(6-5-7-18(14)23(24,25)26)15(2)29-20-17-12-19(32-10-8-31(3)9-11-32)22(33-4)30-21(17)28-13-27-20/h5-7,12-13,15H,8-11H2,1-4H3,(H,27,28,29,30)/t15-/m1/s1. The number of pyridine rings is 1. The molecular formula is C23H27F3N6O. The SMILES string of the molecule is COc1nc2ncnc(N[C@H](C)c3cccc(C(F)(F)F)c3C)c2cc1N1CCN(C)CC1. The summed E-state index contributed by atoms with van der Waals surface area (Å²) in [6, 6.07) is 5.76. The first-order valence-corrected chi connectivity index (χ1v) is 10.8. The molecule has 33 heavy (non-hydrogen) atoms. The maximum Gasteiger partial charge on any atom is 0.416 e. The van der Waals surface area contributed by atoms with Crippen molar-refractivity contribution in [3.63, 3.8) is 0 Å². The topological polar surface area (TPSA) is 66.4 Å². The minimum Gasteiger partial charge on any atom is -0.479 e. The third-order valence-electron chi connectivity index (χ3n) is 6.11. The second-order valence-corrected chi connectivity index (χ2v) is 8.28. The zero-order chi connectivity index (χ0) is 23.8. The van der Waals surface area contributed by atoms with Gasteiger partial charge in [-0.1, -0.05) is 12.1 Å². The zero-order valence-electron chi connectivity index (χ0n) is 19.1. The number of nitrogens with one attached hydrogen (secondary N) is 1. The highest BCUT2D eigenvalue weighted by Gasteiger charge is 2.33. The number of fused-ring (bicyclic) bond motifs is 1. The Morgan fingerprint density at radius 3 is 2.52 bits per heavy atom. The number of likely N-dealkylation sites (N-methyl/N-ethyl adjacent to an activating group) is 1. The highest BCUT2D eigenvalue weighted by atomic mass is 19.4. The van der Waals surface area contributed by atoms with Crippen molar-refractivity contribution >= 4 is 22.5 Å². The van der Waals surface area contributed by atoms with Crippen molar-refractivity contribution in [2.75, 3.05) is 50.6 Å². The van der Waals surface area contributed by atoms with Gasteiger partial charge in [-0.2, -0.15) is 18.2 Å². The van der Waals surface area contributed by atoms with Crippen molar-refractivity contribution in [1.29, 1.82) is 0 Å². The average molecular weight is 461 g/mol. The largest absolute Gasteiger partial charge is 0.479 e. The van der Waals surface area contributed by atoms with Crippen LogP contribution in [0, 0.1) is 6.92 Å². The molecule has 0 amide bonds. The highest BCUT2D eigenvalue weighted by Crippen LogP contribution is 2.36. The van der Waals surface area contributed by atoms with E-state index >= 15 is 0 Å². The second-order valence-electron chi connectivity index (χ2n) is 8.28. The third-order valence-corrected chi connectivity index (χ3v) is 6.11. The van der Waals surface area contributed by atoms with Gasteiger partial charge < -0.3 is 19.9 Å². The van der Waals surface area contributed by atoms with Gasteiger partial charge >= 0.3 is 6.18 Å². The Labute approximate surface area is 190 Å². The molecule has 4 rings (SSSR count). The van der Waals surface area contributed by atoms with Crippen molar-refractivity contribution < 1.29 is 17.9 Å². The summed E-state index contributed by atoms with van der Waals surface area (Å²) in [5, 5.41) is 3.95. The van der Waals surface area contributed by atoms with Gasteiger partial charge in [0.2, 0.25) is 5.88 Å². The lowest BCUT2D eigenvalue weighted by molar-refractivity contribution is -0.138. The van der Waals surface area contributed by atoms with Crippen molar-refractivity contribution in [3.8, 4) is 5.88 Å². The molecule has 2 aromatic heterocycles. The van der Waals surface area contributed by atoms with E-state index in [1.54, 1.807) is 13.2 Å². The Morgan fingerprint density at radius 2 is 1.85 bits per heavy atom. The molecule has 1 N–H and O–H groups in total. The minimum atomic E-state index is -4.40. The Kier molecular flexibility index (Phi) is 6.29. The lowest BCUT2D eigenvalue weighted by Crippen LogP contribution is -2.44. The van der Waals surface area contributed by atoms with Gasteiger partial charge in [0, 0.05) is 26.2 Å². The van der Waals surface area contributed by atoms with Gasteiger partial charge in [0.15, 0.2) is 5.65 Å². The summed E-state index contributed by atoms with van der Waals surface area (Å²) in [4.78, 5) is 17.7. The Balaban J connectivity index is 1.71. The maximum absolute atomic E-state index is 13.4. The lowest BCUT2D eigenvalue weighted by atomic mass is 9.97. The van der Waals surface area contributed by atoms with Gasteiger partial charge in [0.25, 0.3) is 0 Å². The average Bonchev–Trinajstić information content (AvgIpc) is 2.78. The molecule has 0 aliphatic carbocycles. The summed E-state index contributed by atoms with van der Waals surface area (Å²) in [5.41, 5.74) is 1.41. The van der Waals surface area contributed by atoms with E-state index in [2.05, 4.69) is 37.1 Å². The molecule has 10 heteroatoms. The van der Waals surface area contributed by atoms with Gasteiger partial charge in [-0.25, -0.2) is 9.97 Å². The van der Waals surface area contributed by atoms with Crippen LogP contribution in [0.3, 0.4) is 0 Å². The summed E-state index contributed by atoms with van der Waals surface area (Å²) in [6.45, 7) is 6.81. The molecule has 0 unspecified atom stereocenters. The van der Waals surface area contributed by atoms with Gasteiger partial charge in [0.1, 0.15) is 17.8 Å². The van der Waals surface area contributed by atoms with Crippen LogP contribution in [0.15, 0.2) is 30.6 Å². The van der Waals surface area contributed by atoms with Crippen LogP contribution in [0.2, 0.25) is 0 Å². The van der Waals surface area contributed by atoms with Crippen LogP contribution in [0.25, 0.3) is 11.0 Å². The van der Waals surface area contributed by atoms with E-state index in [0.717, 1.165) is 37.9 Å². The number of ether oxygens (including phenoxy) is 1. The first-order valence-electron chi connectivity index (χ1n) is 10.8. The van der Waals surface area contributed by atoms with Crippen LogP contribution in [-0.2, 0) is 6.18 Å². The van der Waals surface area contributed by atoms with Gasteiger partial charge in [-0.3, -0.25) is 0 Å². The molecule has 3 aromatic rings. The van der Waals surface area contributed by atoms with Crippen molar-refractivity contribution in [1.82, 2.24) is 19.9 Å². The number of halogens is 3. The molecule has 0 bridgehead atoms. The molecule has 0 spiro atoms. The number of alkyl halides is 3. The molecule has 0 saturated carbocycles. The number of benzene rings is 1. The van der Waals surface area contributed by atoms with Gasteiger partial charge in [-0.15, -0.1) is 0 Å². The molecule has 7 nitrogen and oxygen atoms in total. The number of hydrogen-bond donors (Lipinski definition) is 1. The van der Waals surface area contributed by atoms with E-state index in [9.17, 15) is 13.2 Å². The Bertz CT molecular complexity index is 1140. The number of anilines is 2. The number of aromatic nitrogens is 3. The first-order chi connectivity index (χ1) is 15.7. The lowest BCUT2D eigenvalue weighted by Gasteiger charge is -2.34. The quantitative estimate of drug-likeness (QED) is 0.610. The number of nitrogens with zero attached hydrogens (tertiary/aromatic N) is 5. The monoisotopic (exact) mass is 460 g/mol. The minimum absolute atomic E-state index is 0.196. The Hall–Kier alpha value is -3.14. The predicted molar refractivity (Wildman–Crippen MR) is 122 cm³/mol. The van der Waals surface area contributed by atoms with Crippen LogP contribution in [0.1, 0.15) is 29.7 Å². The molecule has 176 valence electrons. The normalized spacial score (nSPS) is 16.2. The molecule has 1 aliphatic rings. The van der Waals surface area contributed by atoms with Crippen LogP contribution in [-0.4, -0.2) is 60.2 Å². The van der Waals surface area contributed by atoms with Crippen molar-refractivity contribution in [2.45, 2.75) is 26.1 Å². The fourth-order valence-electron chi connectivity index (χ4n) is 4.21.